The Bertz CT molecular complexity index is 728. The average Bonchev–Trinajstić information content (AvgIpc) is 3.23. The highest BCUT2D eigenvalue weighted by molar-refractivity contribution is 5.99. The SMILES string of the molecule is CCc1nn(C)c2n[nH]c(NC(=O)CCCNC(=O)C3CC3)c12. The fourth-order valence-electron chi connectivity index (χ4n) is 2.61. The van der Waals surface area contributed by atoms with E-state index in [1.807, 2.05) is 14.0 Å². The monoisotopic (exact) mass is 318 g/mol. The third-order valence-electron chi connectivity index (χ3n) is 4.04. The second kappa shape index (κ2) is 6.39. The molecule has 8 nitrogen and oxygen atoms in total. The van der Waals surface area contributed by atoms with Crippen molar-refractivity contribution in [2.75, 3.05) is 11.9 Å². The first-order valence-electron chi connectivity index (χ1n) is 8.07. The standard InChI is InChI=1S/C15H22N6O2/c1-3-10-12-13(18-19-14(12)21(2)20-10)17-11(22)5-4-8-16-15(23)9-6-7-9/h9H,3-8H2,1-2H3,(H,16,23)(H2,17,18,19,22). The molecule has 2 aromatic heterocycles. The zero-order valence-electron chi connectivity index (χ0n) is 13.5. The quantitative estimate of drug-likeness (QED) is 0.665. The van der Waals surface area contributed by atoms with Gasteiger partial charge in [-0.15, -0.1) is 0 Å². The Morgan fingerprint density at radius 1 is 1.39 bits per heavy atom. The van der Waals surface area contributed by atoms with Gasteiger partial charge < -0.3 is 10.6 Å². The fraction of sp³-hybridized carbons (Fsp3) is 0.600. The number of nitrogens with one attached hydrogen (secondary N) is 3. The minimum absolute atomic E-state index is 0.0953. The van der Waals surface area contributed by atoms with Gasteiger partial charge in [-0.2, -0.15) is 10.2 Å². The van der Waals surface area contributed by atoms with Crippen molar-refractivity contribution in [3.63, 3.8) is 0 Å². The summed E-state index contributed by atoms with van der Waals surface area (Å²) >= 11 is 0. The molecule has 0 atom stereocenters. The van der Waals surface area contributed by atoms with E-state index >= 15 is 0 Å². The van der Waals surface area contributed by atoms with Crippen LogP contribution in [0.3, 0.4) is 0 Å². The molecule has 3 N–H and O–H groups in total. The lowest BCUT2D eigenvalue weighted by atomic mass is 10.2. The molecular formula is C15H22N6O2. The van der Waals surface area contributed by atoms with E-state index in [9.17, 15) is 9.59 Å². The number of nitrogens with zero attached hydrogens (tertiary/aromatic N) is 3. The Kier molecular flexibility index (Phi) is 4.31. The van der Waals surface area contributed by atoms with E-state index < -0.39 is 0 Å². The average molecular weight is 318 g/mol. The number of fused-ring (bicyclic) bond motifs is 1. The Balaban J connectivity index is 1.52. The van der Waals surface area contributed by atoms with Crippen LogP contribution in [0, 0.1) is 5.92 Å². The molecule has 1 fully saturated rings. The molecule has 3 rings (SSSR count). The van der Waals surface area contributed by atoms with Crippen LogP contribution in [-0.2, 0) is 23.1 Å². The number of hydrogen-bond donors (Lipinski definition) is 3. The topological polar surface area (TPSA) is 105 Å². The van der Waals surface area contributed by atoms with Gasteiger partial charge in [0, 0.05) is 25.9 Å². The Hall–Kier alpha value is -2.38. The van der Waals surface area contributed by atoms with Crippen molar-refractivity contribution >= 4 is 28.7 Å². The molecule has 2 amide bonds. The van der Waals surface area contributed by atoms with Crippen LogP contribution in [-0.4, -0.2) is 38.3 Å². The van der Waals surface area contributed by atoms with E-state index in [1.165, 1.54) is 0 Å². The summed E-state index contributed by atoms with van der Waals surface area (Å²) in [5, 5.41) is 18.0. The van der Waals surface area contributed by atoms with E-state index in [2.05, 4.69) is 25.9 Å². The highest BCUT2D eigenvalue weighted by atomic mass is 16.2. The first-order valence-corrected chi connectivity index (χ1v) is 8.07. The van der Waals surface area contributed by atoms with Gasteiger partial charge in [-0.05, 0) is 25.7 Å². The summed E-state index contributed by atoms with van der Waals surface area (Å²) in [7, 11) is 1.83. The number of amides is 2. The number of aromatic amines is 1. The summed E-state index contributed by atoms with van der Waals surface area (Å²) in [5.74, 6) is 0.822. The second-order valence-corrected chi connectivity index (χ2v) is 5.94. The molecule has 0 spiro atoms. The van der Waals surface area contributed by atoms with Gasteiger partial charge in [-0.25, -0.2) is 4.68 Å². The molecule has 0 aliphatic heterocycles. The van der Waals surface area contributed by atoms with Crippen molar-refractivity contribution in [1.82, 2.24) is 25.3 Å². The summed E-state index contributed by atoms with van der Waals surface area (Å²) < 4.78 is 1.70. The van der Waals surface area contributed by atoms with Crippen LogP contribution in [0.15, 0.2) is 0 Å². The Morgan fingerprint density at radius 2 is 2.17 bits per heavy atom. The molecule has 0 unspecified atom stereocenters. The number of anilines is 1. The lowest BCUT2D eigenvalue weighted by Crippen LogP contribution is -2.26. The van der Waals surface area contributed by atoms with Crippen LogP contribution in [0.25, 0.3) is 11.0 Å². The Labute approximate surface area is 134 Å². The van der Waals surface area contributed by atoms with Crippen molar-refractivity contribution in [3.05, 3.63) is 5.69 Å². The molecule has 0 bridgehead atoms. The molecule has 1 aliphatic rings. The van der Waals surface area contributed by atoms with Crippen LogP contribution in [0.5, 0.6) is 0 Å². The predicted octanol–water partition coefficient (Wildman–Crippen LogP) is 1.10. The summed E-state index contributed by atoms with van der Waals surface area (Å²) in [6.07, 6.45) is 3.73. The normalized spacial score (nSPS) is 14.2. The van der Waals surface area contributed by atoms with E-state index in [4.69, 9.17) is 0 Å². The number of carbonyl (C=O) groups is 2. The highest BCUT2D eigenvalue weighted by Gasteiger charge is 2.29. The third-order valence-corrected chi connectivity index (χ3v) is 4.04. The maximum absolute atomic E-state index is 12.1. The number of hydrogen-bond acceptors (Lipinski definition) is 4. The van der Waals surface area contributed by atoms with Crippen LogP contribution >= 0.6 is 0 Å². The van der Waals surface area contributed by atoms with Gasteiger partial charge in [-0.3, -0.25) is 14.7 Å². The van der Waals surface area contributed by atoms with Crippen molar-refractivity contribution in [2.24, 2.45) is 13.0 Å². The van der Waals surface area contributed by atoms with Gasteiger partial charge in [0.25, 0.3) is 0 Å². The van der Waals surface area contributed by atoms with E-state index in [-0.39, 0.29) is 17.7 Å². The van der Waals surface area contributed by atoms with Crippen molar-refractivity contribution in [2.45, 2.75) is 39.0 Å². The molecule has 1 saturated carbocycles. The minimum Gasteiger partial charge on any atom is -0.356 e. The Morgan fingerprint density at radius 3 is 2.87 bits per heavy atom. The summed E-state index contributed by atoms with van der Waals surface area (Å²) in [5.41, 5.74) is 1.64. The molecule has 1 aliphatic carbocycles. The fourth-order valence-corrected chi connectivity index (χ4v) is 2.61. The predicted molar refractivity (Wildman–Crippen MR) is 85.8 cm³/mol. The van der Waals surface area contributed by atoms with Crippen molar-refractivity contribution in [1.29, 1.82) is 0 Å². The van der Waals surface area contributed by atoms with Crippen LogP contribution in [0.2, 0.25) is 0 Å². The summed E-state index contributed by atoms with van der Waals surface area (Å²) in [6.45, 7) is 2.55. The lowest BCUT2D eigenvalue weighted by Gasteiger charge is -2.05. The number of carbonyl (C=O) groups excluding carboxylic acids is 2. The minimum atomic E-state index is -0.0953. The zero-order chi connectivity index (χ0) is 16.4. The van der Waals surface area contributed by atoms with Gasteiger partial charge in [-0.1, -0.05) is 6.92 Å². The van der Waals surface area contributed by atoms with Crippen LogP contribution < -0.4 is 10.6 Å². The van der Waals surface area contributed by atoms with E-state index in [0.717, 1.165) is 36.0 Å². The molecule has 8 heteroatoms. The number of aryl methyl sites for hydroxylation is 2. The lowest BCUT2D eigenvalue weighted by molar-refractivity contribution is -0.122. The molecule has 124 valence electrons. The summed E-state index contributed by atoms with van der Waals surface area (Å²) in [4.78, 5) is 23.5. The van der Waals surface area contributed by atoms with Crippen molar-refractivity contribution < 1.29 is 9.59 Å². The molecular weight excluding hydrogens is 296 g/mol. The van der Waals surface area contributed by atoms with Gasteiger partial charge in [0.15, 0.2) is 5.65 Å². The second-order valence-electron chi connectivity index (χ2n) is 5.94. The maximum Gasteiger partial charge on any atom is 0.225 e. The van der Waals surface area contributed by atoms with E-state index in [0.29, 0.717) is 25.2 Å². The van der Waals surface area contributed by atoms with Gasteiger partial charge in [0.05, 0.1) is 11.1 Å². The number of rotatable bonds is 7. The molecule has 23 heavy (non-hydrogen) atoms. The zero-order valence-corrected chi connectivity index (χ0v) is 13.5. The molecule has 2 heterocycles. The van der Waals surface area contributed by atoms with E-state index in [1.54, 1.807) is 4.68 Å². The molecule has 2 aromatic rings. The first-order chi connectivity index (χ1) is 11.1. The molecule has 0 saturated heterocycles. The number of aromatic nitrogens is 4. The largest absolute Gasteiger partial charge is 0.356 e. The highest BCUT2D eigenvalue weighted by Crippen LogP contribution is 2.28. The van der Waals surface area contributed by atoms with Gasteiger partial charge >= 0.3 is 0 Å². The van der Waals surface area contributed by atoms with Crippen LogP contribution in [0.4, 0.5) is 5.82 Å². The molecule has 0 aromatic carbocycles. The summed E-state index contributed by atoms with van der Waals surface area (Å²) in [6, 6.07) is 0. The van der Waals surface area contributed by atoms with Gasteiger partial charge in [0.2, 0.25) is 11.8 Å². The molecule has 0 radical (unpaired) electrons. The smallest absolute Gasteiger partial charge is 0.225 e. The maximum atomic E-state index is 12.1. The van der Waals surface area contributed by atoms with Crippen LogP contribution in [0.1, 0.15) is 38.3 Å². The number of H-pyrrole nitrogens is 1. The van der Waals surface area contributed by atoms with Crippen molar-refractivity contribution in [3.8, 4) is 0 Å². The third kappa shape index (κ3) is 3.35. The van der Waals surface area contributed by atoms with Gasteiger partial charge in [0.1, 0.15) is 5.82 Å². The first kappa shape index (κ1) is 15.5.